The molecule has 0 bridgehead atoms. The molecule has 7 nitrogen and oxygen atoms in total. The number of hydrogen-bond donors (Lipinski definition) is 2. The molecule has 1 aromatic carbocycles. The minimum atomic E-state index is -1.04. The number of esters is 1. The molecule has 0 aliphatic heterocycles. The Kier molecular flexibility index (Phi) is 7.13. The van der Waals surface area contributed by atoms with Crippen LogP contribution in [0.5, 0.6) is 5.75 Å². The average Bonchev–Trinajstić information content (AvgIpc) is 3.09. The maximum Gasteiger partial charge on any atom is 0.331 e. The number of carbonyl (C=O) groups excluding carboxylic acids is 3. The second-order valence-electron chi connectivity index (χ2n) is 5.43. The van der Waals surface area contributed by atoms with Gasteiger partial charge in [0.2, 0.25) is 0 Å². The summed E-state index contributed by atoms with van der Waals surface area (Å²) in [6.07, 6.45) is 1.78. The third-order valence-corrected chi connectivity index (χ3v) is 4.26. The summed E-state index contributed by atoms with van der Waals surface area (Å²) in [5.74, 6) is -1.11. The van der Waals surface area contributed by atoms with E-state index in [0.717, 1.165) is 22.6 Å². The molecule has 0 aliphatic carbocycles. The molecule has 27 heavy (non-hydrogen) atoms. The van der Waals surface area contributed by atoms with Crippen molar-refractivity contribution < 1.29 is 23.9 Å². The predicted octanol–water partition coefficient (Wildman–Crippen LogP) is 2.83. The lowest BCUT2D eigenvalue weighted by molar-refractivity contribution is -0.148. The minimum Gasteiger partial charge on any atom is -0.494 e. The molecule has 2 rings (SSSR count). The Morgan fingerprint density at radius 1 is 1.22 bits per heavy atom. The number of ether oxygens (including phenoxy) is 2. The van der Waals surface area contributed by atoms with Crippen LogP contribution in [0.4, 0.5) is 5.00 Å². The van der Waals surface area contributed by atoms with Gasteiger partial charge in [-0.05, 0) is 49.1 Å². The first-order chi connectivity index (χ1) is 12.9. The first kappa shape index (κ1) is 20.2. The van der Waals surface area contributed by atoms with Crippen molar-refractivity contribution in [2.24, 2.45) is 5.73 Å². The van der Waals surface area contributed by atoms with Crippen LogP contribution in [0, 0.1) is 0 Å². The second kappa shape index (κ2) is 9.54. The van der Waals surface area contributed by atoms with Gasteiger partial charge in [0, 0.05) is 6.08 Å². The molecule has 1 aromatic heterocycles. The maximum absolute atomic E-state index is 12.1. The van der Waals surface area contributed by atoms with Gasteiger partial charge in [0.05, 0.1) is 12.2 Å². The van der Waals surface area contributed by atoms with Gasteiger partial charge in [-0.15, -0.1) is 11.3 Å². The van der Waals surface area contributed by atoms with Crippen molar-refractivity contribution in [1.29, 1.82) is 0 Å². The highest BCUT2D eigenvalue weighted by molar-refractivity contribution is 7.14. The van der Waals surface area contributed by atoms with Gasteiger partial charge in [-0.2, -0.15) is 0 Å². The number of amides is 2. The number of anilines is 1. The Morgan fingerprint density at radius 3 is 2.56 bits per heavy atom. The summed E-state index contributed by atoms with van der Waals surface area (Å²) >= 11 is 1.16. The van der Waals surface area contributed by atoms with Crippen LogP contribution in [0.1, 0.15) is 29.8 Å². The molecule has 0 spiro atoms. The van der Waals surface area contributed by atoms with Crippen molar-refractivity contribution in [3.05, 3.63) is 52.9 Å². The average molecular weight is 388 g/mol. The van der Waals surface area contributed by atoms with Gasteiger partial charge in [-0.25, -0.2) is 4.79 Å². The van der Waals surface area contributed by atoms with Gasteiger partial charge < -0.3 is 20.5 Å². The lowest BCUT2D eigenvalue weighted by Gasteiger charge is -2.12. The van der Waals surface area contributed by atoms with E-state index in [1.54, 1.807) is 35.7 Å². The number of carbonyl (C=O) groups is 3. The number of nitrogens with two attached hydrogens (primary N) is 1. The minimum absolute atomic E-state index is 0.210. The molecule has 2 amide bonds. The fraction of sp³-hybridized carbons (Fsp3) is 0.211. The van der Waals surface area contributed by atoms with Crippen molar-refractivity contribution in [3.63, 3.8) is 0 Å². The normalized spacial score (nSPS) is 11.8. The molecule has 0 fully saturated rings. The van der Waals surface area contributed by atoms with Gasteiger partial charge >= 0.3 is 5.97 Å². The maximum atomic E-state index is 12.1. The fourth-order valence-electron chi connectivity index (χ4n) is 2.09. The van der Waals surface area contributed by atoms with Crippen molar-refractivity contribution in [2.75, 3.05) is 11.9 Å². The monoisotopic (exact) mass is 388 g/mol. The molecule has 2 aromatic rings. The molecule has 0 saturated heterocycles. The Bertz CT molecular complexity index is 842. The van der Waals surface area contributed by atoms with Crippen molar-refractivity contribution in [3.8, 4) is 5.75 Å². The summed E-state index contributed by atoms with van der Waals surface area (Å²) in [7, 11) is 0. The Labute approximate surface area is 160 Å². The first-order valence-electron chi connectivity index (χ1n) is 8.20. The van der Waals surface area contributed by atoms with Crippen LogP contribution in [0.3, 0.4) is 0 Å². The molecule has 142 valence electrons. The number of benzene rings is 1. The summed E-state index contributed by atoms with van der Waals surface area (Å²) < 4.78 is 10.4. The number of hydrogen-bond acceptors (Lipinski definition) is 6. The number of rotatable bonds is 8. The van der Waals surface area contributed by atoms with Crippen LogP contribution >= 0.6 is 11.3 Å². The third kappa shape index (κ3) is 5.96. The van der Waals surface area contributed by atoms with E-state index >= 15 is 0 Å². The summed E-state index contributed by atoms with van der Waals surface area (Å²) in [6.45, 7) is 3.91. The van der Waals surface area contributed by atoms with E-state index in [1.165, 1.54) is 19.1 Å². The zero-order valence-electron chi connectivity index (χ0n) is 14.9. The molecule has 0 saturated carbocycles. The predicted molar refractivity (Wildman–Crippen MR) is 104 cm³/mol. The molecule has 0 unspecified atom stereocenters. The van der Waals surface area contributed by atoms with Crippen molar-refractivity contribution >= 4 is 40.2 Å². The molecule has 1 heterocycles. The topological polar surface area (TPSA) is 108 Å². The van der Waals surface area contributed by atoms with E-state index in [4.69, 9.17) is 15.2 Å². The zero-order valence-corrected chi connectivity index (χ0v) is 15.7. The Morgan fingerprint density at radius 2 is 1.93 bits per heavy atom. The van der Waals surface area contributed by atoms with E-state index in [-0.39, 0.29) is 5.56 Å². The summed E-state index contributed by atoms with van der Waals surface area (Å²) in [5, 5.41) is 4.48. The van der Waals surface area contributed by atoms with Gasteiger partial charge in [0.1, 0.15) is 10.8 Å². The van der Waals surface area contributed by atoms with Crippen LogP contribution < -0.4 is 15.8 Å². The summed E-state index contributed by atoms with van der Waals surface area (Å²) in [6, 6.07) is 8.70. The largest absolute Gasteiger partial charge is 0.494 e. The number of nitrogens with one attached hydrogen (secondary N) is 1. The molecule has 3 N–H and O–H groups in total. The van der Waals surface area contributed by atoms with Gasteiger partial charge in [-0.3, -0.25) is 9.59 Å². The molecule has 0 aliphatic rings. The standard InChI is InChI=1S/C19H20N2O5S/c1-3-25-14-7-4-13(5-8-14)6-9-16(22)26-12(2)18(24)21-19-15(17(20)23)10-11-27-19/h4-12H,3H2,1-2H3,(H2,20,23)(H,21,24)/b9-6+/t12-/m0/s1. The van der Waals surface area contributed by atoms with Crippen molar-refractivity contribution in [2.45, 2.75) is 20.0 Å². The van der Waals surface area contributed by atoms with E-state index in [0.29, 0.717) is 11.6 Å². The number of primary amides is 1. The highest BCUT2D eigenvalue weighted by atomic mass is 32.1. The molecule has 0 radical (unpaired) electrons. The van der Waals surface area contributed by atoms with Gasteiger partial charge in [0.25, 0.3) is 11.8 Å². The lowest BCUT2D eigenvalue weighted by Crippen LogP contribution is -2.29. The Balaban J connectivity index is 1.89. The highest BCUT2D eigenvalue weighted by Gasteiger charge is 2.19. The van der Waals surface area contributed by atoms with Crippen LogP contribution in [0.25, 0.3) is 6.08 Å². The van der Waals surface area contributed by atoms with E-state index in [9.17, 15) is 14.4 Å². The zero-order chi connectivity index (χ0) is 19.8. The first-order valence-corrected chi connectivity index (χ1v) is 9.08. The molecular weight excluding hydrogens is 368 g/mol. The SMILES string of the molecule is CCOc1ccc(/C=C/C(=O)O[C@@H](C)C(=O)Nc2sccc2C(N)=O)cc1. The van der Waals surface area contributed by atoms with Crippen LogP contribution in [0.2, 0.25) is 0 Å². The summed E-state index contributed by atoms with van der Waals surface area (Å²) in [4.78, 5) is 35.3. The van der Waals surface area contributed by atoms with Gasteiger partial charge in [0.15, 0.2) is 6.10 Å². The fourth-order valence-corrected chi connectivity index (χ4v) is 2.88. The third-order valence-electron chi connectivity index (χ3n) is 3.43. The van der Waals surface area contributed by atoms with E-state index in [2.05, 4.69) is 5.32 Å². The van der Waals surface area contributed by atoms with Crippen LogP contribution in [-0.4, -0.2) is 30.5 Å². The van der Waals surface area contributed by atoms with Crippen LogP contribution in [0.15, 0.2) is 41.8 Å². The van der Waals surface area contributed by atoms with E-state index < -0.39 is 23.9 Å². The smallest absolute Gasteiger partial charge is 0.331 e. The lowest BCUT2D eigenvalue weighted by atomic mass is 10.2. The van der Waals surface area contributed by atoms with E-state index in [1.807, 2.05) is 6.92 Å². The van der Waals surface area contributed by atoms with Crippen molar-refractivity contribution in [1.82, 2.24) is 0 Å². The highest BCUT2D eigenvalue weighted by Crippen LogP contribution is 2.23. The summed E-state index contributed by atoms with van der Waals surface area (Å²) in [5.41, 5.74) is 6.23. The number of thiophene rings is 1. The van der Waals surface area contributed by atoms with Crippen LogP contribution in [-0.2, 0) is 14.3 Å². The molecule has 1 atom stereocenters. The quantitative estimate of drug-likeness (QED) is 0.534. The van der Waals surface area contributed by atoms with Gasteiger partial charge in [-0.1, -0.05) is 12.1 Å². The Hall–Kier alpha value is -3.13. The molecule has 8 heteroatoms. The molecular formula is C19H20N2O5S. The second-order valence-corrected chi connectivity index (χ2v) is 6.35.